The van der Waals surface area contributed by atoms with Crippen molar-refractivity contribution in [3.8, 4) is 0 Å². The van der Waals surface area contributed by atoms with Crippen LogP contribution in [0.4, 0.5) is 10.5 Å². The van der Waals surface area contributed by atoms with Gasteiger partial charge in [-0.3, -0.25) is 0 Å². The first-order valence-electron chi connectivity index (χ1n) is 4.52. The fourth-order valence-electron chi connectivity index (χ4n) is 1.91. The molecule has 0 fully saturated rings. The van der Waals surface area contributed by atoms with E-state index in [2.05, 4.69) is 5.32 Å². The van der Waals surface area contributed by atoms with Gasteiger partial charge in [0.05, 0.1) is 0 Å². The summed E-state index contributed by atoms with van der Waals surface area (Å²) in [5.74, 6) is 0. The number of hydrogen-bond donors (Lipinski definition) is 3. The van der Waals surface area contributed by atoms with Crippen molar-refractivity contribution in [3.05, 3.63) is 29.3 Å². The summed E-state index contributed by atoms with van der Waals surface area (Å²) >= 11 is 0. The van der Waals surface area contributed by atoms with Crippen LogP contribution in [-0.2, 0) is 12.8 Å². The Balaban J connectivity index is 2.14. The molecule has 0 spiro atoms. The minimum absolute atomic E-state index is 0.00398. The van der Waals surface area contributed by atoms with E-state index in [1.165, 1.54) is 5.56 Å². The summed E-state index contributed by atoms with van der Waals surface area (Å²) in [4.78, 5) is 10.4. The highest BCUT2D eigenvalue weighted by Crippen LogP contribution is 2.24. The van der Waals surface area contributed by atoms with E-state index in [1.54, 1.807) is 0 Å². The quantitative estimate of drug-likeness (QED) is 0.581. The number of fused-ring (bicyclic) bond motifs is 1. The van der Waals surface area contributed by atoms with E-state index in [0.717, 1.165) is 24.1 Å². The van der Waals surface area contributed by atoms with Crippen LogP contribution >= 0.6 is 0 Å². The zero-order valence-corrected chi connectivity index (χ0v) is 7.66. The lowest BCUT2D eigenvalue weighted by molar-refractivity contribution is 0.190. The normalized spacial score (nSPS) is 19.0. The molecule has 74 valence electrons. The van der Waals surface area contributed by atoms with Crippen molar-refractivity contribution < 1.29 is 9.90 Å². The predicted octanol–water partition coefficient (Wildman–Crippen LogP) is 1.00. The SMILES string of the molecule is Nc1ccc2c(c1)CC(NC(=O)O)C2. The van der Waals surface area contributed by atoms with Crippen LogP contribution in [0.25, 0.3) is 0 Å². The van der Waals surface area contributed by atoms with Gasteiger partial charge < -0.3 is 16.2 Å². The van der Waals surface area contributed by atoms with Crippen molar-refractivity contribution >= 4 is 11.8 Å². The number of rotatable bonds is 1. The van der Waals surface area contributed by atoms with Gasteiger partial charge in [0.2, 0.25) is 0 Å². The number of nitrogens with two attached hydrogens (primary N) is 1. The number of anilines is 1. The molecule has 0 aromatic heterocycles. The largest absolute Gasteiger partial charge is 0.465 e. The summed E-state index contributed by atoms with van der Waals surface area (Å²) in [5, 5.41) is 11.1. The predicted molar refractivity (Wildman–Crippen MR) is 53.2 cm³/mol. The molecular formula is C10H12N2O2. The average molecular weight is 192 g/mol. The molecule has 1 aliphatic rings. The average Bonchev–Trinajstić information content (AvgIpc) is 2.44. The standard InChI is InChI=1S/C10H12N2O2/c11-8-2-1-6-4-9(12-10(13)14)5-7(6)3-8/h1-3,9,12H,4-5,11H2,(H,13,14). The first kappa shape index (κ1) is 8.87. The Hall–Kier alpha value is -1.71. The number of hydrogen-bond acceptors (Lipinski definition) is 2. The number of nitrogens with one attached hydrogen (secondary N) is 1. The number of carbonyl (C=O) groups is 1. The van der Waals surface area contributed by atoms with Crippen molar-refractivity contribution in [2.75, 3.05) is 5.73 Å². The Morgan fingerprint density at radius 2 is 2.14 bits per heavy atom. The summed E-state index contributed by atoms with van der Waals surface area (Å²) in [6, 6.07) is 5.74. The van der Waals surface area contributed by atoms with Gasteiger partial charge in [-0.25, -0.2) is 4.79 Å². The van der Waals surface area contributed by atoms with Crippen molar-refractivity contribution in [2.24, 2.45) is 0 Å². The molecule has 0 aliphatic heterocycles. The van der Waals surface area contributed by atoms with E-state index in [-0.39, 0.29) is 6.04 Å². The van der Waals surface area contributed by atoms with Gasteiger partial charge in [-0.2, -0.15) is 0 Å². The van der Waals surface area contributed by atoms with Gasteiger partial charge in [-0.05, 0) is 36.1 Å². The molecule has 0 saturated heterocycles. The van der Waals surface area contributed by atoms with Crippen LogP contribution in [0, 0.1) is 0 Å². The Morgan fingerprint density at radius 1 is 1.43 bits per heavy atom. The lowest BCUT2D eigenvalue weighted by Gasteiger charge is -2.07. The van der Waals surface area contributed by atoms with Crippen LogP contribution in [0.5, 0.6) is 0 Å². The van der Waals surface area contributed by atoms with Crippen LogP contribution in [0.3, 0.4) is 0 Å². The van der Waals surface area contributed by atoms with Gasteiger partial charge in [0.15, 0.2) is 0 Å². The van der Waals surface area contributed by atoms with Crippen LogP contribution in [0.2, 0.25) is 0 Å². The van der Waals surface area contributed by atoms with Gasteiger partial charge in [0.25, 0.3) is 0 Å². The second-order valence-corrected chi connectivity index (χ2v) is 3.58. The highest BCUT2D eigenvalue weighted by molar-refractivity contribution is 5.65. The van der Waals surface area contributed by atoms with Crippen LogP contribution in [0.15, 0.2) is 18.2 Å². The van der Waals surface area contributed by atoms with Crippen molar-refractivity contribution in [1.29, 1.82) is 0 Å². The summed E-state index contributed by atoms with van der Waals surface area (Å²) in [6.45, 7) is 0. The first-order chi connectivity index (χ1) is 6.65. The Bertz CT molecular complexity index is 376. The molecule has 1 aromatic rings. The first-order valence-corrected chi connectivity index (χ1v) is 4.52. The number of benzene rings is 1. The van der Waals surface area contributed by atoms with E-state index in [4.69, 9.17) is 10.8 Å². The summed E-state index contributed by atoms with van der Waals surface area (Å²) in [5.41, 5.74) is 8.73. The van der Waals surface area contributed by atoms with E-state index in [1.807, 2.05) is 18.2 Å². The summed E-state index contributed by atoms with van der Waals surface area (Å²) in [6.07, 6.45) is 0.546. The maximum atomic E-state index is 10.4. The molecule has 1 aliphatic carbocycles. The van der Waals surface area contributed by atoms with Gasteiger partial charge >= 0.3 is 6.09 Å². The molecule has 0 heterocycles. The third kappa shape index (κ3) is 1.64. The molecule has 14 heavy (non-hydrogen) atoms. The lowest BCUT2D eigenvalue weighted by atomic mass is 10.1. The zero-order valence-electron chi connectivity index (χ0n) is 7.66. The second-order valence-electron chi connectivity index (χ2n) is 3.58. The molecule has 0 bridgehead atoms. The fraction of sp³-hybridized carbons (Fsp3) is 0.300. The van der Waals surface area contributed by atoms with Crippen LogP contribution in [-0.4, -0.2) is 17.2 Å². The van der Waals surface area contributed by atoms with E-state index < -0.39 is 6.09 Å². The Kier molecular flexibility index (Phi) is 2.04. The van der Waals surface area contributed by atoms with Crippen molar-refractivity contribution in [1.82, 2.24) is 5.32 Å². The highest BCUT2D eigenvalue weighted by Gasteiger charge is 2.22. The van der Waals surface area contributed by atoms with Crippen molar-refractivity contribution in [3.63, 3.8) is 0 Å². The number of carboxylic acid groups (broad SMARTS) is 1. The number of nitrogen functional groups attached to an aromatic ring is 1. The molecule has 1 aromatic carbocycles. The van der Waals surface area contributed by atoms with Crippen LogP contribution < -0.4 is 11.1 Å². The van der Waals surface area contributed by atoms with Gasteiger partial charge in [-0.15, -0.1) is 0 Å². The maximum Gasteiger partial charge on any atom is 0.404 e. The van der Waals surface area contributed by atoms with E-state index in [9.17, 15) is 4.79 Å². The zero-order chi connectivity index (χ0) is 10.1. The topological polar surface area (TPSA) is 75.3 Å². The van der Waals surface area contributed by atoms with Gasteiger partial charge in [0.1, 0.15) is 0 Å². The molecule has 0 radical (unpaired) electrons. The molecule has 1 atom stereocenters. The molecule has 4 nitrogen and oxygen atoms in total. The lowest BCUT2D eigenvalue weighted by Crippen LogP contribution is -2.33. The number of amides is 1. The molecule has 0 saturated carbocycles. The molecule has 1 amide bonds. The van der Waals surface area contributed by atoms with Crippen LogP contribution in [0.1, 0.15) is 11.1 Å². The maximum absolute atomic E-state index is 10.4. The van der Waals surface area contributed by atoms with E-state index in [0.29, 0.717) is 0 Å². The molecule has 2 rings (SSSR count). The highest BCUT2D eigenvalue weighted by atomic mass is 16.4. The smallest absolute Gasteiger partial charge is 0.404 e. The fourth-order valence-corrected chi connectivity index (χ4v) is 1.91. The minimum Gasteiger partial charge on any atom is -0.465 e. The summed E-state index contributed by atoms with van der Waals surface area (Å²) in [7, 11) is 0. The summed E-state index contributed by atoms with van der Waals surface area (Å²) < 4.78 is 0. The molecule has 4 N–H and O–H groups in total. The van der Waals surface area contributed by atoms with Gasteiger partial charge in [0, 0.05) is 11.7 Å². The Labute approximate surface area is 81.7 Å². The monoisotopic (exact) mass is 192 g/mol. The molecule has 4 heteroatoms. The second kappa shape index (κ2) is 3.21. The Morgan fingerprint density at radius 3 is 2.86 bits per heavy atom. The molecule has 1 unspecified atom stereocenters. The van der Waals surface area contributed by atoms with Crippen molar-refractivity contribution in [2.45, 2.75) is 18.9 Å². The third-order valence-electron chi connectivity index (χ3n) is 2.49. The minimum atomic E-state index is -0.962. The molecular weight excluding hydrogens is 180 g/mol. The van der Waals surface area contributed by atoms with Gasteiger partial charge in [-0.1, -0.05) is 6.07 Å². The third-order valence-corrected chi connectivity index (χ3v) is 2.49. The van der Waals surface area contributed by atoms with E-state index >= 15 is 0 Å².